The number of thiocarbonyl (C=S) groups is 1. The first-order valence-electron chi connectivity index (χ1n) is 9.47. The molecule has 5 nitrogen and oxygen atoms in total. The van der Waals surface area contributed by atoms with Crippen LogP contribution in [0, 0.1) is 0 Å². The summed E-state index contributed by atoms with van der Waals surface area (Å²) in [4.78, 5) is 27.7. The number of thiophene rings is 1. The first-order chi connectivity index (χ1) is 14.0. The number of carbonyl (C=O) groups is 2. The molecule has 148 valence electrons. The molecule has 3 heterocycles. The number of anilines is 2. The standard InChI is InChI=1S/C21H18N2O3S3/c24-19(25)11-22-20(26)17(29-21(22)27)10-12-6-7-16-14(9-12)13-3-1-4-15(13)23(16)18-5-2-8-28-18/h2,5-10,13,15H,1,3-4,11H2,(H,24,25)/b17-10-. The third kappa shape index (κ3) is 3.19. The fourth-order valence-electron chi connectivity index (χ4n) is 4.58. The van der Waals surface area contributed by atoms with E-state index in [1.807, 2.05) is 12.1 Å². The molecule has 2 aliphatic heterocycles. The molecule has 1 saturated heterocycles. The first kappa shape index (κ1) is 18.8. The zero-order valence-electron chi connectivity index (χ0n) is 15.4. The predicted octanol–water partition coefficient (Wildman–Crippen LogP) is 4.82. The van der Waals surface area contributed by atoms with Gasteiger partial charge in [0, 0.05) is 17.6 Å². The van der Waals surface area contributed by atoms with Gasteiger partial charge in [0.15, 0.2) is 0 Å². The molecule has 0 spiro atoms. The van der Waals surface area contributed by atoms with Crippen LogP contribution in [0.15, 0.2) is 40.6 Å². The smallest absolute Gasteiger partial charge is 0.323 e. The van der Waals surface area contributed by atoms with Crippen molar-refractivity contribution in [3.8, 4) is 0 Å². The minimum absolute atomic E-state index is 0.296. The number of amides is 1. The molecule has 2 aromatic rings. The third-order valence-electron chi connectivity index (χ3n) is 5.73. The van der Waals surface area contributed by atoms with E-state index >= 15 is 0 Å². The fraction of sp³-hybridized carbons (Fsp3) is 0.286. The first-order valence-corrected chi connectivity index (χ1v) is 11.6. The van der Waals surface area contributed by atoms with Gasteiger partial charge in [-0.1, -0.05) is 36.5 Å². The van der Waals surface area contributed by atoms with Crippen LogP contribution in [0.4, 0.5) is 10.7 Å². The molecule has 1 amide bonds. The van der Waals surface area contributed by atoms with Crippen LogP contribution in [0.1, 0.15) is 36.3 Å². The molecule has 1 aromatic carbocycles. The summed E-state index contributed by atoms with van der Waals surface area (Å²) in [6.07, 6.45) is 5.44. The Hall–Kier alpha value is -2.16. The predicted molar refractivity (Wildman–Crippen MR) is 121 cm³/mol. The number of nitrogens with zero attached hydrogens (tertiary/aromatic N) is 2. The van der Waals surface area contributed by atoms with Gasteiger partial charge >= 0.3 is 5.97 Å². The molecule has 0 radical (unpaired) electrons. The number of hydrogen-bond donors (Lipinski definition) is 1. The second-order valence-corrected chi connectivity index (χ2v) is 10.0. The molecule has 5 rings (SSSR count). The topological polar surface area (TPSA) is 60.9 Å². The maximum Gasteiger partial charge on any atom is 0.323 e. The summed E-state index contributed by atoms with van der Waals surface area (Å²) in [6.45, 7) is -0.397. The van der Waals surface area contributed by atoms with Crippen molar-refractivity contribution in [1.29, 1.82) is 0 Å². The largest absolute Gasteiger partial charge is 0.480 e. The summed E-state index contributed by atoms with van der Waals surface area (Å²) >= 11 is 8.12. The Morgan fingerprint density at radius 1 is 1.31 bits per heavy atom. The van der Waals surface area contributed by atoms with Crippen molar-refractivity contribution in [2.45, 2.75) is 31.2 Å². The average Bonchev–Trinajstić information content (AvgIpc) is 3.45. The second-order valence-electron chi connectivity index (χ2n) is 7.41. The Bertz CT molecular complexity index is 1050. The van der Waals surface area contributed by atoms with E-state index in [-0.39, 0.29) is 5.91 Å². The third-order valence-corrected chi connectivity index (χ3v) is 7.98. The molecule has 8 heteroatoms. The fourth-order valence-corrected chi connectivity index (χ4v) is 6.64. The van der Waals surface area contributed by atoms with Gasteiger partial charge in [0.1, 0.15) is 10.9 Å². The lowest BCUT2D eigenvalue weighted by Crippen LogP contribution is -2.33. The summed E-state index contributed by atoms with van der Waals surface area (Å²) in [6, 6.07) is 11.1. The molecule has 29 heavy (non-hydrogen) atoms. The van der Waals surface area contributed by atoms with E-state index in [9.17, 15) is 9.59 Å². The molecule has 1 N–H and O–H groups in total. The van der Waals surface area contributed by atoms with Crippen molar-refractivity contribution < 1.29 is 14.7 Å². The Labute approximate surface area is 182 Å². The van der Waals surface area contributed by atoms with Gasteiger partial charge in [0.2, 0.25) is 0 Å². The average molecular weight is 443 g/mol. The summed E-state index contributed by atoms with van der Waals surface area (Å²) in [5.74, 6) is -0.884. The summed E-state index contributed by atoms with van der Waals surface area (Å²) in [5, 5.41) is 12.4. The zero-order valence-corrected chi connectivity index (χ0v) is 17.9. The maximum absolute atomic E-state index is 12.6. The number of rotatable bonds is 4. The quantitative estimate of drug-likeness (QED) is 0.541. The summed E-state index contributed by atoms with van der Waals surface area (Å²) in [5.41, 5.74) is 3.56. The number of aliphatic carboxylic acids is 1. The Morgan fingerprint density at radius 3 is 2.93 bits per heavy atom. The lowest BCUT2D eigenvalue weighted by molar-refractivity contribution is -0.140. The number of carboxylic acid groups (broad SMARTS) is 1. The highest BCUT2D eigenvalue weighted by Crippen LogP contribution is 2.53. The van der Waals surface area contributed by atoms with Gasteiger partial charge in [-0.2, -0.15) is 0 Å². The molecular weight excluding hydrogens is 424 g/mol. The second kappa shape index (κ2) is 7.27. The molecule has 1 saturated carbocycles. The zero-order chi connectivity index (χ0) is 20.1. The van der Waals surface area contributed by atoms with Crippen molar-refractivity contribution in [2.24, 2.45) is 0 Å². The summed E-state index contributed by atoms with van der Waals surface area (Å²) < 4.78 is 0.296. The van der Waals surface area contributed by atoms with Crippen molar-refractivity contribution in [2.75, 3.05) is 11.4 Å². The number of hydrogen-bond acceptors (Lipinski definition) is 6. The Balaban J connectivity index is 1.48. The van der Waals surface area contributed by atoms with Crippen LogP contribution in [0.3, 0.4) is 0 Å². The van der Waals surface area contributed by atoms with Gasteiger partial charge in [-0.05, 0) is 59.7 Å². The van der Waals surface area contributed by atoms with Gasteiger partial charge < -0.3 is 10.0 Å². The molecule has 2 atom stereocenters. The molecule has 1 aromatic heterocycles. The molecule has 2 unspecified atom stereocenters. The highest BCUT2D eigenvalue weighted by Gasteiger charge is 2.42. The van der Waals surface area contributed by atoms with E-state index in [0.717, 1.165) is 10.5 Å². The molecule has 1 aliphatic carbocycles. The van der Waals surface area contributed by atoms with E-state index in [1.165, 1.54) is 47.3 Å². The van der Waals surface area contributed by atoms with Crippen LogP contribution in [0.25, 0.3) is 6.08 Å². The SMILES string of the molecule is O=C(O)CN1C(=O)/C(=C/c2ccc3c(c2)C2CCCC2N3c2cccs2)SC1=S. The lowest BCUT2D eigenvalue weighted by Gasteiger charge is -2.25. The van der Waals surface area contributed by atoms with Gasteiger partial charge in [-0.15, -0.1) is 11.3 Å². The van der Waals surface area contributed by atoms with Gasteiger partial charge in [-0.25, -0.2) is 0 Å². The highest BCUT2D eigenvalue weighted by atomic mass is 32.2. The van der Waals surface area contributed by atoms with E-state index < -0.39 is 12.5 Å². The molecule has 2 fully saturated rings. The molecular formula is C21H18N2O3S3. The molecule has 0 bridgehead atoms. The number of benzene rings is 1. The van der Waals surface area contributed by atoms with Gasteiger partial charge in [-0.3, -0.25) is 14.5 Å². The molecule has 3 aliphatic rings. The highest BCUT2D eigenvalue weighted by molar-refractivity contribution is 8.26. The number of carbonyl (C=O) groups excluding carboxylic acids is 1. The van der Waals surface area contributed by atoms with Gasteiger partial charge in [0.25, 0.3) is 5.91 Å². The van der Waals surface area contributed by atoms with Gasteiger partial charge in [0.05, 0.1) is 9.91 Å². The van der Waals surface area contributed by atoms with Crippen molar-refractivity contribution in [3.05, 3.63) is 51.7 Å². The minimum atomic E-state index is -1.07. The van der Waals surface area contributed by atoms with Crippen LogP contribution in [-0.4, -0.2) is 38.8 Å². The van der Waals surface area contributed by atoms with Crippen LogP contribution in [-0.2, 0) is 9.59 Å². The number of fused-ring (bicyclic) bond motifs is 3. The Kier molecular flexibility index (Phi) is 4.72. The van der Waals surface area contributed by atoms with Crippen molar-refractivity contribution >= 4 is 68.3 Å². The minimum Gasteiger partial charge on any atom is -0.480 e. The Morgan fingerprint density at radius 2 is 2.17 bits per heavy atom. The van der Waals surface area contributed by atoms with Crippen LogP contribution >= 0.6 is 35.3 Å². The number of thioether (sulfide) groups is 1. The van der Waals surface area contributed by atoms with Crippen molar-refractivity contribution in [3.63, 3.8) is 0 Å². The van der Waals surface area contributed by atoms with E-state index in [0.29, 0.717) is 21.2 Å². The van der Waals surface area contributed by atoms with Crippen LogP contribution in [0.2, 0.25) is 0 Å². The van der Waals surface area contributed by atoms with Crippen LogP contribution < -0.4 is 4.90 Å². The summed E-state index contributed by atoms with van der Waals surface area (Å²) in [7, 11) is 0. The lowest BCUT2D eigenvalue weighted by atomic mass is 9.96. The maximum atomic E-state index is 12.6. The van der Waals surface area contributed by atoms with Crippen LogP contribution in [0.5, 0.6) is 0 Å². The van der Waals surface area contributed by atoms with Crippen molar-refractivity contribution in [1.82, 2.24) is 4.90 Å². The number of carboxylic acids is 1. The van der Waals surface area contributed by atoms with E-state index in [2.05, 4.69) is 34.5 Å². The normalized spacial score (nSPS) is 24.5. The van der Waals surface area contributed by atoms with E-state index in [1.54, 1.807) is 11.3 Å². The van der Waals surface area contributed by atoms with E-state index in [4.69, 9.17) is 17.3 Å². The monoisotopic (exact) mass is 442 g/mol.